The minimum Gasteiger partial charge on any atom is -0.314 e. The van der Waals surface area contributed by atoms with Crippen LogP contribution in [0.3, 0.4) is 0 Å². The highest BCUT2D eigenvalue weighted by Gasteiger charge is 2.17. The van der Waals surface area contributed by atoms with Crippen molar-refractivity contribution in [3.63, 3.8) is 0 Å². The Kier molecular flexibility index (Phi) is 11.4. The zero-order valence-electron chi connectivity index (χ0n) is 27.8. The van der Waals surface area contributed by atoms with Gasteiger partial charge in [0.1, 0.15) is 0 Å². The molecule has 0 fully saturated rings. The number of benzene rings is 3. The van der Waals surface area contributed by atoms with Crippen LogP contribution < -0.4 is 15.3 Å². The lowest BCUT2D eigenvalue weighted by Gasteiger charge is -2.29. The summed E-state index contributed by atoms with van der Waals surface area (Å²) in [5.41, 5.74) is 11.5. The summed E-state index contributed by atoms with van der Waals surface area (Å²) in [6, 6.07) is 23.8. The second-order valence-electron chi connectivity index (χ2n) is 11.9. The molecule has 234 valence electrons. The largest absolute Gasteiger partial charge is 0.314 e. The number of rotatable bonds is 10. The molecule has 0 spiro atoms. The Morgan fingerprint density at radius 2 is 1.74 bits per heavy atom. The van der Waals surface area contributed by atoms with Crippen LogP contribution in [0.1, 0.15) is 56.2 Å². The van der Waals surface area contributed by atoms with Gasteiger partial charge in [-0.1, -0.05) is 141 Å². The lowest BCUT2D eigenvalue weighted by atomic mass is 9.96. The van der Waals surface area contributed by atoms with E-state index in [0.717, 1.165) is 65.0 Å². The highest BCUT2D eigenvalue weighted by atomic mass is 15.1. The van der Waals surface area contributed by atoms with Crippen molar-refractivity contribution in [1.29, 1.82) is 0 Å². The molecule has 5 rings (SSSR count). The molecular formula is C46H45N. The van der Waals surface area contributed by atoms with Gasteiger partial charge in [-0.25, -0.2) is 0 Å². The fourth-order valence-corrected chi connectivity index (χ4v) is 6.10. The summed E-state index contributed by atoms with van der Waals surface area (Å²) in [5.74, 6) is 0. The zero-order valence-corrected chi connectivity index (χ0v) is 27.8. The normalized spacial score (nSPS) is 16.7. The van der Waals surface area contributed by atoms with E-state index in [1.54, 1.807) is 0 Å². The fourth-order valence-electron chi connectivity index (χ4n) is 6.10. The van der Waals surface area contributed by atoms with Crippen molar-refractivity contribution in [1.82, 2.24) is 0 Å². The molecule has 0 saturated carbocycles. The molecule has 2 aliphatic carbocycles. The van der Waals surface area contributed by atoms with Gasteiger partial charge in [0.05, 0.1) is 5.69 Å². The van der Waals surface area contributed by atoms with E-state index in [-0.39, 0.29) is 0 Å². The van der Waals surface area contributed by atoms with Crippen LogP contribution in [0.25, 0.3) is 29.9 Å². The lowest BCUT2D eigenvalue weighted by Crippen LogP contribution is -2.23. The minimum absolute atomic E-state index is 0.776. The van der Waals surface area contributed by atoms with Gasteiger partial charge in [-0.15, -0.1) is 0 Å². The highest BCUT2D eigenvalue weighted by Crippen LogP contribution is 2.37. The lowest BCUT2D eigenvalue weighted by molar-refractivity contribution is 1.05. The first-order valence-electron chi connectivity index (χ1n) is 16.5. The van der Waals surface area contributed by atoms with Crippen LogP contribution in [-0.4, -0.2) is 0 Å². The van der Waals surface area contributed by atoms with Gasteiger partial charge in [0, 0.05) is 16.9 Å². The minimum atomic E-state index is 0.776. The average molecular weight is 612 g/mol. The molecular weight excluding hydrogens is 567 g/mol. The third-order valence-corrected chi connectivity index (χ3v) is 8.53. The summed E-state index contributed by atoms with van der Waals surface area (Å²) in [7, 11) is 0. The molecule has 3 aromatic rings. The predicted molar refractivity (Wildman–Crippen MR) is 208 cm³/mol. The summed E-state index contributed by atoms with van der Waals surface area (Å²) >= 11 is 0. The Labute approximate surface area is 281 Å². The van der Waals surface area contributed by atoms with E-state index < -0.39 is 0 Å². The van der Waals surface area contributed by atoms with Crippen LogP contribution in [0, 0.1) is 0 Å². The Morgan fingerprint density at radius 3 is 2.51 bits per heavy atom. The topological polar surface area (TPSA) is 3.24 Å². The van der Waals surface area contributed by atoms with E-state index in [1.165, 1.54) is 27.1 Å². The summed E-state index contributed by atoms with van der Waals surface area (Å²) in [6.45, 7) is 16.9. The zero-order chi connectivity index (χ0) is 33.0. The summed E-state index contributed by atoms with van der Waals surface area (Å²) in [4.78, 5) is 2.35. The molecule has 0 heterocycles. The molecule has 1 heteroatoms. The maximum absolute atomic E-state index is 4.27. The molecule has 0 unspecified atom stereocenters. The predicted octanol–water partition coefficient (Wildman–Crippen LogP) is 11.3. The van der Waals surface area contributed by atoms with Crippen LogP contribution in [0.2, 0.25) is 0 Å². The van der Waals surface area contributed by atoms with Gasteiger partial charge in [-0.2, -0.15) is 0 Å². The monoisotopic (exact) mass is 611 g/mol. The second kappa shape index (κ2) is 16.2. The van der Waals surface area contributed by atoms with Crippen LogP contribution in [0.5, 0.6) is 0 Å². The quantitative estimate of drug-likeness (QED) is 0.206. The van der Waals surface area contributed by atoms with Gasteiger partial charge < -0.3 is 4.90 Å². The van der Waals surface area contributed by atoms with Gasteiger partial charge in [0.25, 0.3) is 0 Å². The summed E-state index contributed by atoms with van der Waals surface area (Å²) < 4.78 is 0. The molecule has 3 aromatic carbocycles. The molecule has 0 radical (unpaired) electrons. The SMILES string of the molecule is C=C/C(=C\C=C(/C)N(c1cccc(C2=CC=CCC2)c1)c1cccc(/C=C\C)c1C=C)CC1=CC/C=c2/cccc/c2=C/C(=C)C=C1. The molecule has 1 nitrogen and oxygen atoms in total. The Morgan fingerprint density at radius 1 is 0.915 bits per heavy atom. The smallest absolute Gasteiger partial charge is 0.0536 e. The molecule has 0 saturated heterocycles. The standard InChI is InChI=1S/C46H45N/c1-6-17-41-24-16-27-46(45(41)8-3)47(44-26-15-25-43(34-44)39-19-10-9-11-20-39)36(5)29-31-37(7-2)33-38-18-14-23-40-21-12-13-22-42(40)32-35(4)28-30-38/h6-10,12-13,15-19,21-32,34H,2-4,11,14,20,33H2,1,5H3/b17-6-,30-28?,36-29+,37-31+,38-18?,40-23-,42-32-. The van der Waals surface area contributed by atoms with Crippen molar-refractivity contribution in [3.05, 3.63) is 197 Å². The molecule has 0 aliphatic heterocycles. The van der Waals surface area contributed by atoms with Crippen LogP contribution in [0.15, 0.2) is 170 Å². The first-order chi connectivity index (χ1) is 23.0. The third kappa shape index (κ3) is 8.45. The van der Waals surface area contributed by atoms with E-state index in [2.05, 4.69) is 178 Å². The van der Waals surface area contributed by atoms with Crippen molar-refractivity contribution in [3.8, 4) is 0 Å². The summed E-state index contributed by atoms with van der Waals surface area (Å²) in [5, 5.41) is 2.43. The number of anilines is 2. The molecule has 2 aliphatic rings. The molecule has 0 aromatic heterocycles. The van der Waals surface area contributed by atoms with Crippen molar-refractivity contribution in [2.24, 2.45) is 0 Å². The van der Waals surface area contributed by atoms with E-state index in [0.29, 0.717) is 0 Å². The number of allylic oxidation sites excluding steroid dienone is 15. The summed E-state index contributed by atoms with van der Waals surface area (Å²) in [6.07, 6.45) is 34.0. The van der Waals surface area contributed by atoms with Gasteiger partial charge in [0.2, 0.25) is 0 Å². The molecule has 0 N–H and O–H groups in total. The average Bonchev–Trinajstić information content (AvgIpc) is 3.10. The van der Waals surface area contributed by atoms with E-state index in [9.17, 15) is 0 Å². The number of nitrogens with zero attached hydrogens (tertiary/aromatic N) is 1. The van der Waals surface area contributed by atoms with Gasteiger partial charge in [-0.3, -0.25) is 0 Å². The molecule has 0 amide bonds. The van der Waals surface area contributed by atoms with E-state index in [1.807, 2.05) is 12.2 Å². The van der Waals surface area contributed by atoms with Gasteiger partial charge in [-0.05, 0) is 114 Å². The van der Waals surface area contributed by atoms with Crippen molar-refractivity contribution < 1.29 is 0 Å². The maximum atomic E-state index is 4.27. The molecule has 0 bridgehead atoms. The number of hydrogen-bond donors (Lipinski definition) is 0. The fraction of sp³-hybridized carbons (Fsp3) is 0.130. The van der Waals surface area contributed by atoms with Crippen molar-refractivity contribution in [2.45, 2.75) is 39.5 Å². The van der Waals surface area contributed by atoms with Crippen LogP contribution in [0.4, 0.5) is 11.4 Å². The van der Waals surface area contributed by atoms with Crippen molar-refractivity contribution >= 4 is 41.3 Å². The Balaban J connectivity index is 1.53. The first-order valence-corrected chi connectivity index (χ1v) is 16.5. The molecule has 47 heavy (non-hydrogen) atoms. The van der Waals surface area contributed by atoms with E-state index in [4.69, 9.17) is 0 Å². The van der Waals surface area contributed by atoms with Crippen molar-refractivity contribution in [2.75, 3.05) is 4.90 Å². The molecule has 0 atom stereocenters. The number of fused-ring (bicyclic) bond motifs is 1. The Hall–Kier alpha value is -5.40. The van der Waals surface area contributed by atoms with E-state index >= 15 is 0 Å². The highest BCUT2D eigenvalue weighted by molar-refractivity contribution is 5.83. The third-order valence-electron chi connectivity index (χ3n) is 8.53. The van der Waals surface area contributed by atoms with Crippen LogP contribution in [-0.2, 0) is 0 Å². The Bertz CT molecular complexity index is 2000. The van der Waals surface area contributed by atoms with Gasteiger partial charge in [0.15, 0.2) is 0 Å². The maximum Gasteiger partial charge on any atom is 0.0536 e. The first kappa shape index (κ1) is 33.0. The second-order valence-corrected chi connectivity index (χ2v) is 11.9. The number of hydrogen-bond acceptors (Lipinski definition) is 1. The van der Waals surface area contributed by atoms with Crippen LogP contribution >= 0.6 is 0 Å². The van der Waals surface area contributed by atoms with Gasteiger partial charge >= 0.3 is 0 Å².